The number of piperidine rings is 1. The molecule has 1 aromatic heterocycles. The van der Waals surface area contributed by atoms with Gasteiger partial charge in [0, 0.05) is 31.1 Å². The number of carbonyl (C=O) groups excluding carboxylic acids is 2. The van der Waals surface area contributed by atoms with E-state index in [1.165, 1.54) is 0 Å². The van der Waals surface area contributed by atoms with Gasteiger partial charge < -0.3 is 4.90 Å². The minimum atomic E-state index is -0.444. The highest BCUT2D eigenvalue weighted by molar-refractivity contribution is 5.79. The predicted molar refractivity (Wildman–Crippen MR) is 73.0 cm³/mol. The Balaban J connectivity index is 1.96. The average molecular weight is 295 g/mol. The van der Waals surface area contributed by atoms with Gasteiger partial charge in [0.1, 0.15) is 6.54 Å². The normalized spacial score (nSPS) is 15.8. The molecule has 0 aliphatic carbocycles. The summed E-state index contributed by atoms with van der Waals surface area (Å²) in [5, 5.41) is 2.30. The molecule has 9 heteroatoms. The lowest BCUT2D eigenvalue weighted by molar-refractivity contribution is -0.136. The van der Waals surface area contributed by atoms with Gasteiger partial charge in [0.2, 0.25) is 11.8 Å². The van der Waals surface area contributed by atoms with Crippen LogP contribution in [-0.4, -0.2) is 39.6 Å². The van der Waals surface area contributed by atoms with Crippen molar-refractivity contribution in [3.05, 3.63) is 32.8 Å². The van der Waals surface area contributed by atoms with Gasteiger partial charge in [0.15, 0.2) is 0 Å². The molecule has 0 radical (unpaired) electrons. The number of hydrogen-bond donors (Lipinski definition) is 3. The van der Waals surface area contributed by atoms with Gasteiger partial charge in [-0.1, -0.05) is 0 Å². The largest absolute Gasteiger partial charge is 0.341 e. The molecule has 114 valence electrons. The molecule has 1 saturated heterocycles. The van der Waals surface area contributed by atoms with Gasteiger partial charge in [-0.05, 0) is 12.8 Å². The quantitative estimate of drug-likeness (QED) is 0.330. The van der Waals surface area contributed by atoms with Crippen LogP contribution in [0.3, 0.4) is 0 Å². The van der Waals surface area contributed by atoms with Crippen molar-refractivity contribution in [1.82, 2.24) is 20.1 Å². The van der Waals surface area contributed by atoms with Crippen molar-refractivity contribution in [3.63, 3.8) is 0 Å². The third-order valence-electron chi connectivity index (χ3n) is 3.54. The summed E-state index contributed by atoms with van der Waals surface area (Å²) in [5.41, 5.74) is 1.22. The molecule has 0 atom stereocenters. The molecule has 2 rings (SSSR count). The number of nitrogens with two attached hydrogens (primary N) is 1. The summed E-state index contributed by atoms with van der Waals surface area (Å²) < 4.78 is 0.976. The zero-order valence-electron chi connectivity index (χ0n) is 11.4. The maximum absolute atomic E-state index is 12.1. The fraction of sp³-hybridized carbons (Fsp3) is 0.500. The maximum Gasteiger partial charge on any atom is 0.265 e. The molecule has 2 amide bonds. The molecule has 1 aromatic rings. The monoisotopic (exact) mass is 295 g/mol. The molecular formula is C12H17N5O4. The van der Waals surface area contributed by atoms with Gasteiger partial charge in [-0.3, -0.25) is 29.7 Å². The zero-order chi connectivity index (χ0) is 15.4. The summed E-state index contributed by atoms with van der Waals surface area (Å²) in [6, 6.07) is 2.23. The Kier molecular flexibility index (Phi) is 4.53. The van der Waals surface area contributed by atoms with Crippen LogP contribution in [0, 0.1) is 5.92 Å². The summed E-state index contributed by atoms with van der Waals surface area (Å²) in [5.74, 6) is 4.38. The van der Waals surface area contributed by atoms with Crippen LogP contribution in [0.4, 0.5) is 0 Å². The van der Waals surface area contributed by atoms with Crippen LogP contribution in [0.5, 0.6) is 0 Å². The summed E-state index contributed by atoms with van der Waals surface area (Å²) in [4.78, 5) is 47.7. The zero-order valence-corrected chi connectivity index (χ0v) is 11.4. The SMILES string of the molecule is NNC(=O)C1CCN(C(=O)Cn2[nH]c(=O)ccc2=O)CC1. The lowest BCUT2D eigenvalue weighted by Gasteiger charge is -2.31. The first kappa shape index (κ1) is 15.0. The van der Waals surface area contributed by atoms with Crippen molar-refractivity contribution in [2.75, 3.05) is 13.1 Å². The Hall–Kier alpha value is -2.42. The van der Waals surface area contributed by atoms with Gasteiger partial charge >= 0.3 is 0 Å². The number of H-pyrrole nitrogens is 1. The second-order valence-corrected chi connectivity index (χ2v) is 4.90. The fourth-order valence-corrected chi connectivity index (χ4v) is 2.32. The molecule has 0 spiro atoms. The van der Waals surface area contributed by atoms with Crippen molar-refractivity contribution in [2.24, 2.45) is 11.8 Å². The standard InChI is InChI=1S/C12H17N5O4/c13-14-12(21)8-3-5-16(6-4-8)11(20)7-17-10(19)2-1-9(18)15-17/h1-2,8H,3-7,13H2,(H,14,21)(H,15,18). The Labute approximate surface area is 119 Å². The van der Waals surface area contributed by atoms with E-state index < -0.39 is 11.1 Å². The van der Waals surface area contributed by atoms with Gasteiger partial charge in [-0.15, -0.1) is 0 Å². The second kappa shape index (κ2) is 6.35. The molecule has 1 fully saturated rings. The summed E-state index contributed by atoms with van der Waals surface area (Å²) in [6.07, 6.45) is 1.05. The smallest absolute Gasteiger partial charge is 0.265 e. The fourth-order valence-electron chi connectivity index (χ4n) is 2.32. The van der Waals surface area contributed by atoms with E-state index in [0.29, 0.717) is 25.9 Å². The summed E-state index contributed by atoms with van der Waals surface area (Å²) >= 11 is 0. The minimum Gasteiger partial charge on any atom is -0.341 e. The maximum atomic E-state index is 12.1. The molecule has 0 saturated carbocycles. The lowest BCUT2D eigenvalue weighted by Crippen LogP contribution is -2.46. The number of nitrogens with one attached hydrogen (secondary N) is 2. The number of amides is 2. The van der Waals surface area contributed by atoms with Gasteiger partial charge in [0.25, 0.3) is 11.1 Å². The van der Waals surface area contributed by atoms with Crippen LogP contribution < -0.4 is 22.4 Å². The third kappa shape index (κ3) is 3.57. The number of likely N-dealkylation sites (tertiary alicyclic amines) is 1. The van der Waals surface area contributed by atoms with Crippen molar-refractivity contribution in [1.29, 1.82) is 0 Å². The van der Waals surface area contributed by atoms with Gasteiger partial charge in [-0.25, -0.2) is 10.5 Å². The number of aromatic amines is 1. The number of rotatable bonds is 3. The summed E-state index contributed by atoms with van der Waals surface area (Å²) in [7, 11) is 0. The van der Waals surface area contributed by atoms with Crippen molar-refractivity contribution in [2.45, 2.75) is 19.4 Å². The molecule has 0 bridgehead atoms. The highest BCUT2D eigenvalue weighted by Crippen LogP contribution is 2.17. The molecular weight excluding hydrogens is 278 g/mol. The second-order valence-electron chi connectivity index (χ2n) is 4.90. The molecule has 0 unspecified atom stereocenters. The number of hydrazine groups is 1. The van der Waals surface area contributed by atoms with E-state index in [9.17, 15) is 19.2 Å². The Morgan fingerprint density at radius 1 is 1.29 bits per heavy atom. The van der Waals surface area contributed by atoms with Crippen LogP contribution >= 0.6 is 0 Å². The molecule has 9 nitrogen and oxygen atoms in total. The molecule has 2 heterocycles. The Morgan fingerprint density at radius 3 is 2.57 bits per heavy atom. The number of aromatic nitrogens is 2. The molecule has 0 aromatic carbocycles. The predicted octanol–water partition coefficient (Wildman–Crippen LogP) is -2.23. The molecule has 4 N–H and O–H groups in total. The number of carbonyl (C=O) groups is 2. The molecule has 21 heavy (non-hydrogen) atoms. The number of hydrogen-bond acceptors (Lipinski definition) is 5. The van der Waals surface area contributed by atoms with Crippen molar-refractivity contribution < 1.29 is 9.59 Å². The first-order chi connectivity index (χ1) is 10.0. The van der Waals surface area contributed by atoms with Crippen LogP contribution in [-0.2, 0) is 16.1 Å². The Bertz CT molecular complexity index is 642. The average Bonchev–Trinajstić information content (AvgIpc) is 2.50. The number of nitrogens with zero attached hydrogens (tertiary/aromatic N) is 2. The van der Waals surface area contributed by atoms with Gasteiger partial charge in [-0.2, -0.15) is 0 Å². The van der Waals surface area contributed by atoms with E-state index in [0.717, 1.165) is 16.8 Å². The van der Waals surface area contributed by atoms with Crippen LogP contribution in [0.2, 0.25) is 0 Å². The minimum absolute atomic E-state index is 0.196. The molecule has 1 aliphatic rings. The van der Waals surface area contributed by atoms with E-state index in [-0.39, 0.29) is 24.3 Å². The summed E-state index contributed by atoms with van der Waals surface area (Å²) in [6.45, 7) is 0.619. The van der Waals surface area contributed by atoms with E-state index in [4.69, 9.17) is 5.84 Å². The van der Waals surface area contributed by atoms with E-state index in [2.05, 4.69) is 10.5 Å². The highest BCUT2D eigenvalue weighted by Gasteiger charge is 2.27. The first-order valence-corrected chi connectivity index (χ1v) is 6.59. The van der Waals surface area contributed by atoms with Crippen molar-refractivity contribution >= 4 is 11.8 Å². The topological polar surface area (TPSA) is 130 Å². The Morgan fingerprint density at radius 2 is 1.95 bits per heavy atom. The molecule has 1 aliphatic heterocycles. The van der Waals surface area contributed by atoms with Gasteiger partial charge in [0.05, 0.1) is 0 Å². The van der Waals surface area contributed by atoms with E-state index >= 15 is 0 Å². The van der Waals surface area contributed by atoms with E-state index in [1.807, 2.05) is 0 Å². The van der Waals surface area contributed by atoms with E-state index in [1.54, 1.807) is 4.90 Å². The third-order valence-corrected chi connectivity index (χ3v) is 3.54. The lowest BCUT2D eigenvalue weighted by atomic mass is 9.96. The first-order valence-electron chi connectivity index (χ1n) is 6.59. The van der Waals surface area contributed by atoms with Crippen LogP contribution in [0.25, 0.3) is 0 Å². The van der Waals surface area contributed by atoms with Crippen LogP contribution in [0.1, 0.15) is 12.8 Å². The van der Waals surface area contributed by atoms with Crippen molar-refractivity contribution in [3.8, 4) is 0 Å². The highest BCUT2D eigenvalue weighted by atomic mass is 16.2. The van der Waals surface area contributed by atoms with Crippen LogP contribution in [0.15, 0.2) is 21.7 Å².